The molecular formula is C18H15Cl3N2O4S. The first-order chi connectivity index (χ1) is 12.9. The average Bonchev–Trinajstić information content (AvgIpc) is 2.59. The molecule has 0 amide bonds. The summed E-state index contributed by atoms with van der Waals surface area (Å²) in [6.45, 7) is 4.94. The summed E-state index contributed by atoms with van der Waals surface area (Å²) in [5, 5.41) is -0.329. The van der Waals surface area contributed by atoms with Crippen LogP contribution in [0.15, 0.2) is 24.5 Å². The average molecular weight is 462 g/mol. The molecule has 0 atom stereocenters. The van der Waals surface area contributed by atoms with Crippen molar-refractivity contribution in [3.05, 3.63) is 56.5 Å². The van der Waals surface area contributed by atoms with E-state index in [0.29, 0.717) is 5.56 Å². The number of nitrogens with zero attached hydrogens (tertiary/aromatic N) is 2. The van der Waals surface area contributed by atoms with Gasteiger partial charge in [0.05, 0.1) is 21.2 Å². The highest BCUT2D eigenvalue weighted by atomic mass is 35.5. The molecule has 1 aliphatic heterocycles. The minimum absolute atomic E-state index is 0.0448. The summed E-state index contributed by atoms with van der Waals surface area (Å²) in [7, 11) is -3.98. The molecule has 2 aromatic rings. The molecule has 0 spiro atoms. The highest BCUT2D eigenvalue weighted by molar-refractivity contribution is 8.00. The van der Waals surface area contributed by atoms with Gasteiger partial charge in [0.1, 0.15) is 15.8 Å². The van der Waals surface area contributed by atoms with Gasteiger partial charge < -0.3 is 4.74 Å². The van der Waals surface area contributed by atoms with E-state index in [-0.39, 0.29) is 42.9 Å². The number of pyridine rings is 2. The number of esters is 1. The van der Waals surface area contributed by atoms with Crippen molar-refractivity contribution in [3.8, 4) is 0 Å². The summed E-state index contributed by atoms with van der Waals surface area (Å²) in [6, 6.07) is 3.20. The Morgan fingerprint density at radius 1 is 1.18 bits per heavy atom. The zero-order valence-electron chi connectivity index (χ0n) is 15.1. The van der Waals surface area contributed by atoms with Gasteiger partial charge in [0.25, 0.3) is 0 Å². The second-order valence-electron chi connectivity index (χ2n) is 7.15. The third-order valence-corrected chi connectivity index (χ3v) is 6.67. The summed E-state index contributed by atoms with van der Waals surface area (Å²) in [4.78, 5) is 20.3. The molecular weight excluding hydrogens is 447 g/mol. The Hall–Kier alpha value is -1.67. The summed E-state index contributed by atoms with van der Waals surface area (Å²) in [6.07, 6.45) is 2.66. The van der Waals surface area contributed by atoms with Crippen molar-refractivity contribution in [2.24, 2.45) is 5.41 Å². The molecule has 0 fully saturated rings. The van der Waals surface area contributed by atoms with Crippen LogP contribution in [0.2, 0.25) is 15.2 Å². The number of aromatic nitrogens is 2. The molecule has 10 heteroatoms. The molecule has 3 rings (SSSR count). The lowest BCUT2D eigenvalue weighted by atomic mass is 9.97. The Morgan fingerprint density at radius 3 is 2.50 bits per heavy atom. The standard InChI is InChI=1S/C18H15Cl3N2O4S/c1-18(2,3)17(24)27-14-13-9(5-4-6-22-13)8-28(25,26)15(14)11-10(19)7-23-16(21)12(11)20/h4-7H,8H2,1-3H3. The van der Waals surface area contributed by atoms with E-state index in [1.54, 1.807) is 32.9 Å². The summed E-state index contributed by atoms with van der Waals surface area (Å²) < 4.78 is 31.8. The fourth-order valence-corrected chi connectivity index (χ4v) is 5.06. The van der Waals surface area contributed by atoms with Crippen molar-refractivity contribution in [2.75, 3.05) is 0 Å². The van der Waals surface area contributed by atoms with E-state index in [4.69, 9.17) is 39.5 Å². The van der Waals surface area contributed by atoms with Crippen LogP contribution in [-0.2, 0) is 25.1 Å². The van der Waals surface area contributed by atoms with Crippen molar-refractivity contribution in [3.63, 3.8) is 0 Å². The fraction of sp³-hybridized carbons (Fsp3) is 0.278. The van der Waals surface area contributed by atoms with E-state index in [1.807, 2.05) is 0 Å². The Labute approximate surface area is 177 Å². The number of hydrogen-bond donors (Lipinski definition) is 0. The molecule has 2 aromatic heterocycles. The van der Waals surface area contributed by atoms with Crippen molar-refractivity contribution in [2.45, 2.75) is 26.5 Å². The van der Waals surface area contributed by atoms with Crippen LogP contribution in [0.5, 0.6) is 0 Å². The van der Waals surface area contributed by atoms with Crippen molar-refractivity contribution >= 4 is 61.3 Å². The van der Waals surface area contributed by atoms with E-state index in [0.717, 1.165) is 0 Å². The molecule has 0 bridgehead atoms. The molecule has 1 aliphatic rings. The molecule has 0 radical (unpaired) electrons. The Morgan fingerprint density at radius 2 is 1.86 bits per heavy atom. The van der Waals surface area contributed by atoms with Gasteiger partial charge in [-0.2, -0.15) is 0 Å². The third-order valence-electron chi connectivity index (χ3n) is 3.93. The lowest BCUT2D eigenvalue weighted by Crippen LogP contribution is -2.26. The minimum atomic E-state index is -3.98. The maximum Gasteiger partial charge on any atom is 0.316 e. The zero-order valence-corrected chi connectivity index (χ0v) is 18.2. The van der Waals surface area contributed by atoms with Gasteiger partial charge in [-0.1, -0.05) is 40.9 Å². The molecule has 28 heavy (non-hydrogen) atoms. The van der Waals surface area contributed by atoms with Gasteiger partial charge in [0, 0.05) is 18.0 Å². The molecule has 3 heterocycles. The van der Waals surface area contributed by atoms with Gasteiger partial charge in [0.2, 0.25) is 0 Å². The highest BCUT2D eigenvalue weighted by Gasteiger charge is 2.39. The van der Waals surface area contributed by atoms with Crippen LogP contribution in [0.25, 0.3) is 10.7 Å². The zero-order chi connectivity index (χ0) is 20.9. The quantitative estimate of drug-likeness (QED) is 0.472. The molecule has 0 unspecified atom stereocenters. The van der Waals surface area contributed by atoms with E-state index in [1.165, 1.54) is 12.4 Å². The number of hydrogen-bond acceptors (Lipinski definition) is 6. The monoisotopic (exact) mass is 460 g/mol. The van der Waals surface area contributed by atoms with Crippen molar-refractivity contribution in [1.29, 1.82) is 0 Å². The first-order valence-corrected chi connectivity index (χ1v) is 10.9. The van der Waals surface area contributed by atoms with Crippen molar-refractivity contribution < 1.29 is 17.9 Å². The normalized spacial score (nSPS) is 15.9. The molecule has 0 N–H and O–H groups in total. The molecule has 148 valence electrons. The lowest BCUT2D eigenvalue weighted by molar-refractivity contribution is -0.145. The SMILES string of the molecule is CC(C)(C)C(=O)OC1=C(c2c(Cl)cnc(Cl)c2Cl)S(=O)(=O)Cc2cccnc21. The lowest BCUT2D eigenvalue weighted by Gasteiger charge is -2.25. The Balaban J connectivity index is 2.41. The summed E-state index contributed by atoms with van der Waals surface area (Å²) in [5.74, 6) is -1.22. The van der Waals surface area contributed by atoms with Gasteiger partial charge in [-0.15, -0.1) is 0 Å². The largest absolute Gasteiger partial charge is 0.422 e. The topological polar surface area (TPSA) is 86.2 Å². The van der Waals surface area contributed by atoms with Crippen LogP contribution < -0.4 is 0 Å². The van der Waals surface area contributed by atoms with Crippen LogP contribution in [0.1, 0.15) is 37.6 Å². The highest BCUT2D eigenvalue weighted by Crippen LogP contribution is 2.45. The third kappa shape index (κ3) is 3.76. The number of ether oxygens (including phenoxy) is 1. The predicted molar refractivity (Wildman–Crippen MR) is 108 cm³/mol. The maximum atomic E-state index is 13.1. The van der Waals surface area contributed by atoms with E-state index in [9.17, 15) is 13.2 Å². The number of rotatable bonds is 2. The van der Waals surface area contributed by atoms with Gasteiger partial charge in [0.15, 0.2) is 15.6 Å². The summed E-state index contributed by atoms with van der Waals surface area (Å²) >= 11 is 18.4. The van der Waals surface area contributed by atoms with Crippen molar-refractivity contribution in [1.82, 2.24) is 9.97 Å². The van der Waals surface area contributed by atoms with E-state index < -0.39 is 21.2 Å². The molecule has 0 aliphatic carbocycles. The van der Waals surface area contributed by atoms with E-state index >= 15 is 0 Å². The molecule has 0 aromatic carbocycles. The molecule has 0 saturated carbocycles. The number of fused-ring (bicyclic) bond motifs is 1. The number of halogens is 3. The second kappa shape index (κ2) is 7.30. The second-order valence-corrected chi connectivity index (χ2v) is 10.2. The van der Waals surface area contributed by atoms with Gasteiger partial charge in [-0.25, -0.2) is 13.4 Å². The van der Waals surface area contributed by atoms with Gasteiger partial charge in [-0.3, -0.25) is 9.78 Å². The Bertz CT molecular complexity index is 1120. The van der Waals surface area contributed by atoms with Gasteiger partial charge in [-0.05, 0) is 32.4 Å². The maximum absolute atomic E-state index is 13.1. The smallest absolute Gasteiger partial charge is 0.316 e. The number of carbonyl (C=O) groups is 1. The Kier molecular flexibility index (Phi) is 5.49. The molecule has 0 saturated heterocycles. The predicted octanol–water partition coefficient (Wildman–Crippen LogP) is 4.78. The van der Waals surface area contributed by atoms with Crippen LogP contribution in [0.3, 0.4) is 0 Å². The minimum Gasteiger partial charge on any atom is -0.422 e. The van der Waals surface area contributed by atoms with E-state index in [2.05, 4.69) is 9.97 Å². The van der Waals surface area contributed by atoms with Crippen LogP contribution in [-0.4, -0.2) is 24.4 Å². The number of sulfone groups is 1. The number of carbonyl (C=O) groups excluding carboxylic acids is 1. The van der Waals surface area contributed by atoms with Crippen LogP contribution in [0.4, 0.5) is 0 Å². The first kappa shape index (κ1) is 21.0. The first-order valence-electron chi connectivity index (χ1n) is 8.07. The fourth-order valence-electron chi connectivity index (χ4n) is 2.55. The summed E-state index contributed by atoms with van der Waals surface area (Å²) in [5.41, 5.74) is -0.339. The van der Waals surface area contributed by atoms with Crippen LogP contribution in [0, 0.1) is 5.41 Å². The van der Waals surface area contributed by atoms with Crippen LogP contribution >= 0.6 is 34.8 Å². The van der Waals surface area contributed by atoms with Gasteiger partial charge >= 0.3 is 5.97 Å². The molecule has 6 nitrogen and oxygen atoms in total.